The zero-order valence-electron chi connectivity index (χ0n) is 14.0. The molecule has 126 valence electrons. The van der Waals surface area contributed by atoms with E-state index in [1.807, 2.05) is 18.2 Å². The lowest BCUT2D eigenvalue weighted by molar-refractivity contribution is 0.221. The molecule has 1 saturated heterocycles. The van der Waals surface area contributed by atoms with Gasteiger partial charge in [-0.3, -0.25) is 4.90 Å². The summed E-state index contributed by atoms with van der Waals surface area (Å²) in [6.07, 6.45) is 4.05. The van der Waals surface area contributed by atoms with Crippen LogP contribution in [0.3, 0.4) is 0 Å². The maximum atomic E-state index is 5.37. The van der Waals surface area contributed by atoms with Gasteiger partial charge in [0.25, 0.3) is 0 Å². The van der Waals surface area contributed by atoms with Gasteiger partial charge in [0.15, 0.2) is 5.11 Å². The molecule has 0 unspecified atom stereocenters. The Kier molecular flexibility index (Phi) is 6.21. The molecule has 0 aliphatic carbocycles. The fourth-order valence-corrected chi connectivity index (χ4v) is 3.21. The van der Waals surface area contributed by atoms with Crippen molar-refractivity contribution in [3.05, 3.63) is 65.7 Å². The third-order valence-electron chi connectivity index (χ3n) is 4.36. The third kappa shape index (κ3) is 5.32. The van der Waals surface area contributed by atoms with E-state index >= 15 is 0 Å². The van der Waals surface area contributed by atoms with Crippen molar-refractivity contribution in [1.82, 2.24) is 10.2 Å². The largest absolute Gasteiger partial charge is 0.358 e. The Morgan fingerprint density at radius 3 is 2.29 bits per heavy atom. The summed E-state index contributed by atoms with van der Waals surface area (Å²) < 4.78 is 0. The molecule has 0 aromatic heterocycles. The van der Waals surface area contributed by atoms with Crippen LogP contribution in [0.4, 0.5) is 5.69 Å². The van der Waals surface area contributed by atoms with Gasteiger partial charge in [-0.1, -0.05) is 48.9 Å². The highest BCUT2D eigenvalue weighted by molar-refractivity contribution is 7.80. The number of hydrogen-bond acceptors (Lipinski definition) is 2. The van der Waals surface area contributed by atoms with E-state index in [9.17, 15) is 0 Å². The molecule has 0 amide bonds. The van der Waals surface area contributed by atoms with E-state index in [4.69, 9.17) is 12.2 Å². The van der Waals surface area contributed by atoms with Gasteiger partial charge >= 0.3 is 0 Å². The number of benzene rings is 2. The number of rotatable bonds is 5. The highest BCUT2D eigenvalue weighted by Gasteiger charge is 2.10. The van der Waals surface area contributed by atoms with Crippen LogP contribution in [0.1, 0.15) is 30.4 Å². The first-order valence-corrected chi connectivity index (χ1v) is 9.10. The van der Waals surface area contributed by atoms with Crippen molar-refractivity contribution in [3.8, 4) is 0 Å². The van der Waals surface area contributed by atoms with Gasteiger partial charge in [0.05, 0.1) is 0 Å². The minimum absolute atomic E-state index is 0.655. The van der Waals surface area contributed by atoms with E-state index in [1.54, 1.807) is 0 Å². The summed E-state index contributed by atoms with van der Waals surface area (Å²) in [6.45, 7) is 4.25. The van der Waals surface area contributed by atoms with Crippen molar-refractivity contribution >= 4 is 23.0 Å². The molecule has 1 fully saturated rings. The summed E-state index contributed by atoms with van der Waals surface area (Å²) in [4.78, 5) is 2.54. The smallest absolute Gasteiger partial charge is 0.171 e. The minimum atomic E-state index is 0.655. The van der Waals surface area contributed by atoms with E-state index < -0.39 is 0 Å². The number of nitrogens with zero attached hydrogens (tertiary/aromatic N) is 1. The molecule has 2 aromatic rings. The van der Waals surface area contributed by atoms with Crippen LogP contribution in [-0.2, 0) is 13.1 Å². The Morgan fingerprint density at radius 2 is 1.58 bits per heavy atom. The van der Waals surface area contributed by atoms with Crippen molar-refractivity contribution in [2.45, 2.75) is 32.4 Å². The molecule has 0 spiro atoms. The average Bonchev–Trinajstić information content (AvgIpc) is 2.63. The summed E-state index contributed by atoms with van der Waals surface area (Å²) in [6, 6.07) is 18.9. The van der Waals surface area contributed by atoms with E-state index in [0.717, 1.165) is 18.8 Å². The van der Waals surface area contributed by atoms with E-state index in [1.165, 1.54) is 43.5 Å². The number of anilines is 1. The Balaban J connectivity index is 1.45. The van der Waals surface area contributed by atoms with Gasteiger partial charge in [-0.05, 0) is 61.4 Å². The van der Waals surface area contributed by atoms with E-state index in [-0.39, 0.29) is 0 Å². The fraction of sp³-hybridized carbons (Fsp3) is 0.350. The van der Waals surface area contributed by atoms with Crippen molar-refractivity contribution in [2.75, 3.05) is 18.4 Å². The van der Waals surface area contributed by atoms with Gasteiger partial charge in [-0.15, -0.1) is 0 Å². The molecule has 3 rings (SSSR count). The summed E-state index contributed by atoms with van der Waals surface area (Å²) in [5, 5.41) is 7.14. The number of nitrogens with one attached hydrogen (secondary N) is 2. The zero-order chi connectivity index (χ0) is 16.6. The SMILES string of the molecule is S=C(NCc1ccccc1)Nc1ccc(CN2CCCCC2)cc1. The summed E-state index contributed by atoms with van der Waals surface area (Å²) in [7, 11) is 0. The maximum absolute atomic E-state index is 5.37. The number of hydrogen-bond donors (Lipinski definition) is 2. The lowest BCUT2D eigenvalue weighted by atomic mass is 10.1. The second-order valence-electron chi connectivity index (χ2n) is 6.33. The van der Waals surface area contributed by atoms with Gasteiger partial charge in [0, 0.05) is 18.8 Å². The monoisotopic (exact) mass is 339 g/mol. The predicted molar refractivity (Wildman–Crippen MR) is 105 cm³/mol. The summed E-state index contributed by atoms with van der Waals surface area (Å²) in [5.74, 6) is 0. The quantitative estimate of drug-likeness (QED) is 0.800. The van der Waals surface area contributed by atoms with Crippen LogP contribution in [0.15, 0.2) is 54.6 Å². The number of thiocarbonyl (C=S) groups is 1. The molecule has 4 heteroatoms. The lowest BCUT2D eigenvalue weighted by Crippen LogP contribution is -2.29. The first kappa shape index (κ1) is 16.9. The highest BCUT2D eigenvalue weighted by atomic mass is 32.1. The number of likely N-dealkylation sites (tertiary alicyclic amines) is 1. The highest BCUT2D eigenvalue weighted by Crippen LogP contribution is 2.15. The normalized spacial score (nSPS) is 15.0. The topological polar surface area (TPSA) is 27.3 Å². The van der Waals surface area contributed by atoms with Crippen LogP contribution >= 0.6 is 12.2 Å². The Bertz CT molecular complexity index is 634. The fourth-order valence-electron chi connectivity index (χ4n) is 3.02. The molecule has 1 aliphatic rings. The molecule has 0 bridgehead atoms. The van der Waals surface area contributed by atoms with Crippen LogP contribution in [0.25, 0.3) is 0 Å². The standard InChI is InChI=1S/C20H25N3S/c24-20(21-15-17-7-3-1-4-8-17)22-19-11-9-18(10-12-19)16-23-13-5-2-6-14-23/h1,3-4,7-12H,2,5-6,13-16H2,(H2,21,22,24). The van der Waals surface area contributed by atoms with Gasteiger partial charge in [0.1, 0.15) is 0 Å². The second-order valence-corrected chi connectivity index (χ2v) is 6.74. The molecule has 3 nitrogen and oxygen atoms in total. The molecule has 0 radical (unpaired) electrons. The van der Waals surface area contributed by atoms with Crippen molar-refractivity contribution in [3.63, 3.8) is 0 Å². The lowest BCUT2D eigenvalue weighted by Gasteiger charge is -2.26. The van der Waals surface area contributed by atoms with Gasteiger partial charge in [-0.2, -0.15) is 0 Å². The molecular weight excluding hydrogens is 314 g/mol. The Labute approximate surface area is 150 Å². The van der Waals surface area contributed by atoms with Crippen LogP contribution < -0.4 is 10.6 Å². The molecule has 0 atom stereocenters. The van der Waals surface area contributed by atoms with Crippen molar-refractivity contribution < 1.29 is 0 Å². The second kappa shape index (κ2) is 8.81. The van der Waals surface area contributed by atoms with Crippen molar-refractivity contribution in [1.29, 1.82) is 0 Å². The van der Waals surface area contributed by atoms with E-state index in [2.05, 4.69) is 51.9 Å². The molecular formula is C20H25N3S. The molecule has 1 aliphatic heterocycles. The van der Waals surface area contributed by atoms with Crippen LogP contribution in [0.2, 0.25) is 0 Å². The van der Waals surface area contributed by atoms with Crippen molar-refractivity contribution in [2.24, 2.45) is 0 Å². The van der Waals surface area contributed by atoms with Crippen LogP contribution in [0, 0.1) is 0 Å². The molecule has 24 heavy (non-hydrogen) atoms. The van der Waals surface area contributed by atoms with Crippen LogP contribution in [0.5, 0.6) is 0 Å². The van der Waals surface area contributed by atoms with Gasteiger partial charge in [-0.25, -0.2) is 0 Å². The maximum Gasteiger partial charge on any atom is 0.171 e. The van der Waals surface area contributed by atoms with Gasteiger partial charge < -0.3 is 10.6 Å². The molecule has 0 saturated carbocycles. The van der Waals surface area contributed by atoms with E-state index in [0.29, 0.717) is 5.11 Å². The Hall–Kier alpha value is -1.91. The first-order valence-electron chi connectivity index (χ1n) is 8.70. The number of piperidine rings is 1. The molecule has 1 heterocycles. The zero-order valence-corrected chi connectivity index (χ0v) is 14.8. The summed E-state index contributed by atoms with van der Waals surface area (Å²) >= 11 is 5.37. The minimum Gasteiger partial charge on any atom is -0.358 e. The summed E-state index contributed by atoms with van der Waals surface area (Å²) in [5.41, 5.74) is 3.62. The third-order valence-corrected chi connectivity index (χ3v) is 4.61. The average molecular weight is 340 g/mol. The first-order chi connectivity index (χ1) is 11.8. The predicted octanol–water partition coefficient (Wildman–Crippen LogP) is 4.16. The van der Waals surface area contributed by atoms with Crippen LogP contribution in [-0.4, -0.2) is 23.1 Å². The molecule has 2 N–H and O–H groups in total. The molecule has 2 aromatic carbocycles. The Morgan fingerprint density at radius 1 is 0.875 bits per heavy atom. The van der Waals surface area contributed by atoms with Gasteiger partial charge in [0.2, 0.25) is 0 Å².